The van der Waals surface area contributed by atoms with Gasteiger partial charge in [0.05, 0.1) is 12.6 Å². The lowest BCUT2D eigenvalue weighted by atomic mass is 9.87. The van der Waals surface area contributed by atoms with Crippen LogP contribution >= 0.6 is 0 Å². The average molecular weight is 345 g/mol. The monoisotopic (exact) mass is 345 g/mol. The molecule has 0 radical (unpaired) electrons. The fourth-order valence-electron chi connectivity index (χ4n) is 3.23. The van der Waals surface area contributed by atoms with Gasteiger partial charge in [0.15, 0.2) is 0 Å². The van der Waals surface area contributed by atoms with Gasteiger partial charge in [0.2, 0.25) is 5.91 Å². The Morgan fingerprint density at radius 2 is 1.56 bits per heavy atom. The SMILES string of the molecule is CCC(O)CN=C(C)c1c(C)c(NC(C)=O)c(C)c(C(C)=NC)c1C. The predicted octanol–water partition coefficient (Wildman–Crippen LogP) is 3.59. The van der Waals surface area contributed by atoms with Gasteiger partial charge in [0.1, 0.15) is 0 Å². The van der Waals surface area contributed by atoms with E-state index in [1.807, 2.05) is 34.6 Å². The molecule has 0 spiro atoms. The number of nitrogens with one attached hydrogen (secondary N) is 1. The number of aliphatic hydroxyl groups excluding tert-OH is 1. The molecule has 1 atom stereocenters. The van der Waals surface area contributed by atoms with Crippen LogP contribution in [0.2, 0.25) is 0 Å². The molecule has 1 aromatic carbocycles. The number of hydrogen-bond acceptors (Lipinski definition) is 4. The number of hydrogen-bond donors (Lipinski definition) is 2. The second-order valence-corrected chi connectivity index (χ2v) is 6.48. The molecule has 0 heterocycles. The van der Waals surface area contributed by atoms with Gasteiger partial charge in [0.25, 0.3) is 0 Å². The summed E-state index contributed by atoms with van der Waals surface area (Å²) in [5, 5.41) is 12.8. The molecule has 0 aliphatic heterocycles. The van der Waals surface area contributed by atoms with Crippen molar-refractivity contribution in [2.24, 2.45) is 9.98 Å². The van der Waals surface area contributed by atoms with Gasteiger partial charge < -0.3 is 10.4 Å². The normalized spacial score (nSPS) is 13.8. The maximum absolute atomic E-state index is 11.7. The van der Waals surface area contributed by atoms with Gasteiger partial charge >= 0.3 is 0 Å². The molecule has 1 rings (SSSR count). The number of anilines is 1. The Hall–Kier alpha value is -2.01. The number of carbonyl (C=O) groups excluding carboxylic acids is 1. The van der Waals surface area contributed by atoms with E-state index in [0.717, 1.165) is 44.9 Å². The fourth-order valence-corrected chi connectivity index (χ4v) is 3.23. The molecule has 1 aromatic rings. The number of aliphatic hydroxyl groups is 1. The van der Waals surface area contributed by atoms with E-state index in [2.05, 4.69) is 22.2 Å². The van der Waals surface area contributed by atoms with E-state index in [1.165, 1.54) is 6.92 Å². The van der Waals surface area contributed by atoms with E-state index in [0.29, 0.717) is 13.0 Å². The first-order valence-electron chi connectivity index (χ1n) is 8.70. The Morgan fingerprint density at radius 1 is 1.04 bits per heavy atom. The van der Waals surface area contributed by atoms with Crippen LogP contribution in [0, 0.1) is 20.8 Å². The Morgan fingerprint density at radius 3 is 2.00 bits per heavy atom. The van der Waals surface area contributed by atoms with Crippen molar-refractivity contribution < 1.29 is 9.90 Å². The van der Waals surface area contributed by atoms with Crippen LogP contribution < -0.4 is 5.32 Å². The Labute approximate surface area is 151 Å². The summed E-state index contributed by atoms with van der Waals surface area (Å²) in [5.41, 5.74) is 7.75. The second kappa shape index (κ2) is 8.90. The van der Waals surface area contributed by atoms with Gasteiger partial charge in [-0.25, -0.2) is 0 Å². The molecular weight excluding hydrogens is 314 g/mol. The van der Waals surface area contributed by atoms with Crippen LogP contribution in [-0.4, -0.2) is 42.1 Å². The van der Waals surface area contributed by atoms with Gasteiger partial charge in [-0.2, -0.15) is 0 Å². The highest BCUT2D eigenvalue weighted by Crippen LogP contribution is 2.32. The molecule has 5 heteroatoms. The molecule has 138 valence electrons. The van der Waals surface area contributed by atoms with Crippen molar-refractivity contribution in [2.75, 3.05) is 18.9 Å². The summed E-state index contributed by atoms with van der Waals surface area (Å²) in [7, 11) is 1.77. The smallest absolute Gasteiger partial charge is 0.221 e. The van der Waals surface area contributed by atoms with Gasteiger partial charge in [-0.15, -0.1) is 0 Å². The first-order chi connectivity index (χ1) is 11.6. The molecule has 0 aliphatic rings. The molecular formula is C20H31N3O2. The van der Waals surface area contributed by atoms with Crippen molar-refractivity contribution in [3.05, 3.63) is 27.8 Å². The predicted molar refractivity (Wildman–Crippen MR) is 106 cm³/mol. The first kappa shape index (κ1) is 21.0. The van der Waals surface area contributed by atoms with E-state index in [1.54, 1.807) is 7.05 Å². The number of nitrogens with zero attached hydrogens (tertiary/aromatic N) is 2. The van der Waals surface area contributed by atoms with Gasteiger partial charge in [0, 0.05) is 42.2 Å². The summed E-state index contributed by atoms with van der Waals surface area (Å²) in [4.78, 5) is 20.6. The lowest BCUT2D eigenvalue weighted by molar-refractivity contribution is -0.114. The topological polar surface area (TPSA) is 74.1 Å². The molecule has 0 saturated heterocycles. The number of rotatable bonds is 6. The number of aliphatic imine (C=N–C) groups is 2. The maximum Gasteiger partial charge on any atom is 0.221 e. The van der Waals surface area contributed by atoms with Crippen LogP contribution in [0.5, 0.6) is 0 Å². The lowest BCUT2D eigenvalue weighted by Crippen LogP contribution is -2.17. The molecule has 25 heavy (non-hydrogen) atoms. The van der Waals surface area contributed by atoms with E-state index < -0.39 is 6.10 Å². The molecule has 0 saturated carbocycles. The zero-order valence-electron chi connectivity index (χ0n) is 16.7. The van der Waals surface area contributed by atoms with Crippen molar-refractivity contribution in [2.45, 2.75) is 61.0 Å². The zero-order valence-corrected chi connectivity index (χ0v) is 16.7. The van der Waals surface area contributed by atoms with E-state index >= 15 is 0 Å². The third kappa shape index (κ3) is 4.75. The highest BCUT2D eigenvalue weighted by molar-refractivity contribution is 6.10. The Kier molecular flexibility index (Phi) is 7.49. The molecule has 5 nitrogen and oxygen atoms in total. The minimum atomic E-state index is -0.436. The molecule has 2 N–H and O–H groups in total. The molecule has 0 aromatic heterocycles. The van der Waals surface area contributed by atoms with Crippen molar-refractivity contribution in [3.8, 4) is 0 Å². The second-order valence-electron chi connectivity index (χ2n) is 6.48. The summed E-state index contributed by atoms with van der Waals surface area (Å²) in [6.45, 7) is 13.8. The van der Waals surface area contributed by atoms with Gasteiger partial charge in [-0.3, -0.25) is 14.8 Å². The molecule has 1 unspecified atom stereocenters. The number of amides is 1. The van der Waals surface area contributed by atoms with Crippen LogP contribution in [0.15, 0.2) is 9.98 Å². The summed E-state index contributed by atoms with van der Waals surface area (Å²) < 4.78 is 0. The Bertz CT molecular complexity index is 718. The minimum absolute atomic E-state index is 0.103. The highest BCUT2D eigenvalue weighted by Gasteiger charge is 2.20. The lowest BCUT2D eigenvalue weighted by Gasteiger charge is -2.22. The number of benzene rings is 1. The van der Waals surface area contributed by atoms with Gasteiger partial charge in [-0.1, -0.05) is 6.92 Å². The quantitative estimate of drug-likeness (QED) is 0.773. The van der Waals surface area contributed by atoms with E-state index in [9.17, 15) is 9.90 Å². The van der Waals surface area contributed by atoms with Gasteiger partial charge in [-0.05, 0) is 57.7 Å². The van der Waals surface area contributed by atoms with E-state index in [-0.39, 0.29) is 5.91 Å². The summed E-state index contributed by atoms with van der Waals surface area (Å²) in [6.07, 6.45) is 0.237. The maximum atomic E-state index is 11.7. The first-order valence-corrected chi connectivity index (χ1v) is 8.70. The summed E-state index contributed by atoms with van der Waals surface area (Å²) in [5.74, 6) is -0.103. The van der Waals surface area contributed by atoms with E-state index in [4.69, 9.17) is 0 Å². The van der Waals surface area contributed by atoms with Crippen molar-refractivity contribution in [1.29, 1.82) is 0 Å². The highest BCUT2D eigenvalue weighted by atomic mass is 16.3. The zero-order chi connectivity index (χ0) is 19.3. The van der Waals surface area contributed by atoms with Crippen molar-refractivity contribution in [3.63, 3.8) is 0 Å². The van der Waals surface area contributed by atoms with Crippen molar-refractivity contribution >= 4 is 23.0 Å². The van der Waals surface area contributed by atoms with Crippen LogP contribution in [0.1, 0.15) is 61.9 Å². The fraction of sp³-hybridized carbons (Fsp3) is 0.550. The summed E-state index contributed by atoms with van der Waals surface area (Å²) >= 11 is 0. The minimum Gasteiger partial charge on any atom is -0.391 e. The van der Waals surface area contributed by atoms with Crippen LogP contribution in [-0.2, 0) is 4.79 Å². The third-order valence-electron chi connectivity index (χ3n) is 4.62. The largest absolute Gasteiger partial charge is 0.391 e. The van der Waals surface area contributed by atoms with Crippen LogP contribution in [0.3, 0.4) is 0 Å². The molecule has 1 amide bonds. The average Bonchev–Trinajstić information content (AvgIpc) is 2.55. The molecule has 0 aliphatic carbocycles. The molecule has 0 fully saturated rings. The third-order valence-corrected chi connectivity index (χ3v) is 4.62. The Balaban J connectivity index is 3.68. The summed E-state index contributed by atoms with van der Waals surface area (Å²) in [6, 6.07) is 0. The number of carbonyl (C=O) groups is 1. The molecule has 0 bridgehead atoms. The van der Waals surface area contributed by atoms with Crippen LogP contribution in [0.4, 0.5) is 5.69 Å². The standard InChI is InChI=1S/C20H31N3O2/c1-9-17(25)10-22-15(6)19-11(2)18(14(5)21-8)12(3)20(13(19)4)23-16(7)24/h17,25H,9-10H2,1-8H3,(H,23,24). The van der Waals surface area contributed by atoms with Crippen molar-refractivity contribution in [1.82, 2.24) is 0 Å². The van der Waals surface area contributed by atoms with Crippen LogP contribution in [0.25, 0.3) is 0 Å².